The molecule has 428 valence electrons. The number of hydrogen-bond donors (Lipinski definition) is 6. The second-order valence-corrected chi connectivity index (χ2v) is 24.0. The number of hydrogen-bond acceptors (Lipinski definition) is 19. The van der Waals surface area contributed by atoms with Gasteiger partial charge in [0.15, 0.2) is 16.7 Å². The van der Waals surface area contributed by atoms with E-state index in [1.807, 2.05) is 84.6 Å². The largest absolute Gasteiger partial charge is 0.448 e. The summed E-state index contributed by atoms with van der Waals surface area (Å²) in [6.07, 6.45) is -6.77. The van der Waals surface area contributed by atoms with Gasteiger partial charge in [-0.1, -0.05) is 31.2 Å². The van der Waals surface area contributed by atoms with E-state index in [-0.39, 0.29) is 24.9 Å². The van der Waals surface area contributed by atoms with Crippen LogP contribution in [0.4, 0.5) is 10.1 Å². The number of rotatable bonds is 15. The first-order valence-electron chi connectivity index (χ1n) is 26.6. The fourth-order valence-corrected chi connectivity index (χ4v) is 12.4. The third-order valence-corrected chi connectivity index (χ3v) is 18.2. The Morgan fingerprint density at radius 2 is 1.64 bits per heavy atom. The van der Waals surface area contributed by atoms with Crippen LogP contribution in [0.1, 0.15) is 111 Å². The minimum Gasteiger partial charge on any atom is -0.448 e. The van der Waals surface area contributed by atoms with Crippen molar-refractivity contribution in [2.45, 2.75) is 201 Å². The number of β-amino-alcohol motifs (C(OH)–C–C–N with tert-alkyl or cyclic N) is 1. The van der Waals surface area contributed by atoms with Crippen molar-refractivity contribution in [3.05, 3.63) is 41.7 Å². The molecule has 4 fully saturated rings. The second kappa shape index (κ2) is 25.9. The van der Waals surface area contributed by atoms with Crippen molar-refractivity contribution in [3.8, 4) is 0 Å². The fraction of sp³-hybridized carbons (Fsp3) is 0.830. The molecular weight excluding hydrogens is 1090 g/mol. The highest BCUT2D eigenvalue weighted by atomic mass is 127. The minimum absolute atomic E-state index is 0.0797. The lowest BCUT2D eigenvalue weighted by atomic mass is 9.77. The summed E-state index contributed by atoms with van der Waals surface area (Å²) in [6, 6.07) is 5.84. The number of cyclic esters (lactones) is 1. The van der Waals surface area contributed by atoms with E-state index in [4.69, 9.17) is 33.2 Å². The van der Waals surface area contributed by atoms with E-state index in [0.29, 0.717) is 44.6 Å². The van der Waals surface area contributed by atoms with Crippen LogP contribution in [-0.4, -0.2) is 217 Å². The quantitative estimate of drug-likeness (QED) is 0.0849. The summed E-state index contributed by atoms with van der Waals surface area (Å²) in [4.78, 5) is 20.4. The van der Waals surface area contributed by atoms with Gasteiger partial charge in [-0.15, -0.1) is 5.10 Å². The van der Waals surface area contributed by atoms with Crippen molar-refractivity contribution in [2.24, 2.45) is 17.8 Å². The summed E-state index contributed by atoms with van der Waals surface area (Å²) in [5.41, 5.74) is -2.26. The normalized spacial score (nSPS) is 41.0. The molecule has 0 bridgehead atoms. The molecule has 0 radical (unpaired) electrons. The number of benzene rings is 1. The van der Waals surface area contributed by atoms with Crippen molar-refractivity contribution in [3.63, 3.8) is 0 Å². The number of carbonyl (C=O) groups is 1. The van der Waals surface area contributed by atoms with Gasteiger partial charge in [0.1, 0.15) is 42.7 Å². The van der Waals surface area contributed by atoms with Crippen LogP contribution in [0.25, 0.3) is 0 Å². The highest BCUT2D eigenvalue weighted by Crippen LogP contribution is 2.41. The Kier molecular flexibility index (Phi) is 21.4. The van der Waals surface area contributed by atoms with Gasteiger partial charge in [-0.05, 0) is 128 Å². The number of aromatic nitrogens is 3. The van der Waals surface area contributed by atoms with Gasteiger partial charge < -0.3 is 78.5 Å². The van der Waals surface area contributed by atoms with Gasteiger partial charge in [0, 0.05) is 83.1 Å². The van der Waals surface area contributed by atoms with Crippen LogP contribution >= 0.6 is 22.6 Å². The van der Waals surface area contributed by atoms with Gasteiger partial charge in [0.25, 0.3) is 0 Å². The standard InChI is InChI=1S/C53H88FIN6O14/c1-29-23-51(7,67)47(31(3)43(73-41-24-52(8,70-13)46(65)34(6)72-41)32(4)48(66)75-50(55)53(9,68)45(64)33(5)59(11)26-29)74-49-42(63)39(22-30(2)71-49)58(10)20-18-36-27-61(57-56-36)40(25-54)44(69-12)35-14-16-37(17-15-35)60-21-19-38(62)28-60/h14-17,27,29-34,38-47,49-50,62-65,67-68H,18-26,28H2,1-13H3/t29-,30-,31+,32-,33-,34+,38-,39+,40-,41+,42-,43+,44-,45-,46+,47-,49+,50+,51-,52-,53+/m1/s1. The molecule has 6 N–H and O–H groups in total. The molecule has 4 saturated heterocycles. The first-order chi connectivity index (χ1) is 35.2. The van der Waals surface area contributed by atoms with E-state index in [1.165, 1.54) is 25.8 Å². The SMILES string of the molecule is CO[C@H](c1ccc(N2CC[C@@H](O)C2)cc1)[C@@H](CF)n1cc(CCN(C)[C@H]2C[C@@H](C)O[C@@H](O[C@@H]3[C@@H](C)[C@H](O[C@H]4C[C@@](C)(OC)[C@@H](O)[C@H](C)O4)[C@@H](C)C(=O)O[C@H](I)[C@@](C)(O)[C@H](O)[C@@H](C)N(C)C[C@H](C)C[C@@]3(C)O)[C@@H]2O)nn1. The van der Waals surface area contributed by atoms with Gasteiger partial charge >= 0.3 is 5.97 Å². The predicted octanol–water partition coefficient (Wildman–Crippen LogP) is 3.56. The molecule has 20 nitrogen and oxygen atoms in total. The lowest BCUT2D eigenvalue weighted by Crippen LogP contribution is -2.60. The van der Waals surface area contributed by atoms with Crippen LogP contribution in [0.3, 0.4) is 0 Å². The number of methoxy groups -OCH3 is 2. The molecule has 4 aliphatic heterocycles. The summed E-state index contributed by atoms with van der Waals surface area (Å²) in [5.74, 6) is -2.92. The maximum absolute atomic E-state index is 14.9. The number of halogens is 2. The first-order valence-corrected chi connectivity index (χ1v) is 27.8. The maximum atomic E-state index is 14.9. The van der Waals surface area contributed by atoms with Crippen LogP contribution in [-0.2, 0) is 44.4 Å². The minimum atomic E-state index is -1.88. The van der Waals surface area contributed by atoms with Crippen LogP contribution < -0.4 is 4.90 Å². The Balaban J connectivity index is 1.24. The molecule has 0 unspecified atom stereocenters. The summed E-state index contributed by atoms with van der Waals surface area (Å²) in [5, 5.41) is 78.2. The first kappa shape index (κ1) is 61.9. The number of esters is 1. The van der Waals surface area contributed by atoms with Gasteiger partial charge in [-0.25, -0.2) is 9.07 Å². The van der Waals surface area contributed by atoms with Gasteiger partial charge in [-0.3, -0.25) is 4.79 Å². The summed E-state index contributed by atoms with van der Waals surface area (Å²) in [6.45, 7) is 16.9. The maximum Gasteiger partial charge on any atom is 0.312 e. The number of aliphatic hydroxyl groups is 6. The Bertz CT molecular complexity index is 2120. The molecular formula is C53H88FIN6O14. The number of aliphatic hydroxyl groups excluding tert-OH is 4. The molecule has 75 heavy (non-hydrogen) atoms. The Hall–Kier alpha value is -2.27. The number of anilines is 1. The van der Waals surface area contributed by atoms with Crippen LogP contribution in [0.15, 0.2) is 30.5 Å². The molecule has 0 amide bonds. The van der Waals surface area contributed by atoms with E-state index in [2.05, 4.69) is 15.2 Å². The van der Waals surface area contributed by atoms with E-state index in [1.54, 1.807) is 47.7 Å². The zero-order valence-electron chi connectivity index (χ0n) is 46.2. The van der Waals surface area contributed by atoms with Crippen molar-refractivity contribution in [1.82, 2.24) is 24.8 Å². The van der Waals surface area contributed by atoms with Crippen molar-refractivity contribution in [1.29, 1.82) is 0 Å². The van der Waals surface area contributed by atoms with Crippen molar-refractivity contribution in [2.75, 3.05) is 66.1 Å². The molecule has 0 aliphatic carbocycles. The molecule has 0 spiro atoms. The lowest BCUT2D eigenvalue weighted by Gasteiger charge is -2.49. The number of carbonyl (C=O) groups excluding carboxylic acids is 1. The lowest BCUT2D eigenvalue weighted by molar-refractivity contribution is -0.318. The summed E-state index contributed by atoms with van der Waals surface area (Å²) < 4.78 is 59.1. The topological polar surface area (TPSA) is 243 Å². The fourth-order valence-electron chi connectivity index (χ4n) is 11.8. The van der Waals surface area contributed by atoms with Crippen LogP contribution in [0.5, 0.6) is 0 Å². The highest BCUT2D eigenvalue weighted by molar-refractivity contribution is 14.1. The monoisotopic (exact) mass is 1180 g/mol. The summed E-state index contributed by atoms with van der Waals surface area (Å²) in [7, 11) is 6.73. The molecule has 0 saturated carbocycles. The van der Waals surface area contributed by atoms with Gasteiger partial charge in [0.05, 0.1) is 53.3 Å². The highest BCUT2D eigenvalue weighted by Gasteiger charge is 2.53. The Morgan fingerprint density at radius 3 is 2.25 bits per heavy atom. The molecule has 2 aromatic rings. The zero-order valence-corrected chi connectivity index (χ0v) is 48.4. The molecule has 1 aromatic carbocycles. The smallest absolute Gasteiger partial charge is 0.312 e. The van der Waals surface area contributed by atoms with E-state index in [0.717, 1.165) is 17.8 Å². The Labute approximate surface area is 456 Å². The van der Waals surface area contributed by atoms with Crippen molar-refractivity contribution >= 4 is 34.2 Å². The number of likely N-dealkylation sites (N-methyl/N-ethyl adjacent to an activating group) is 2. The average molecular weight is 1180 g/mol. The molecule has 21 atom stereocenters. The number of ether oxygens (including phenoxy) is 7. The second-order valence-electron chi connectivity index (χ2n) is 22.9. The third kappa shape index (κ3) is 14.4. The Morgan fingerprint density at radius 1 is 0.960 bits per heavy atom. The van der Waals surface area contributed by atoms with Gasteiger partial charge in [0.2, 0.25) is 0 Å². The zero-order chi connectivity index (χ0) is 55.5. The summed E-state index contributed by atoms with van der Waals surface area (Å²) >= 11 is 1.82. The molecule has 4 aliphatic rings. The van der Waals surface area contributed by atoms with Crippen molar-refractivity contribution < 1.29 is 73.0 Å². The molecule has 22 heteroatoms. The third-order valence-electron chi connectivity index (χ3n) is 16.6. The predicted molar refractivity (Wildman–Crippen MR) is 285 cm³/mol. The average Bonchev–Trinajstić information content (AvgIpc) is 4.03. The van der Waals surface area contributed by atoms with E-state index < -0.39 is 125 Å². The number of alkyl halides is 2. The molecule has 6 rings (SSSR count). The van der Waals surface area contributed by atoms with Crippen LogP contribution in [0, 0.1) is 17.8 Å². The van der Waals surface area contributed by atoms with Crippen LogP contribution in [0.2, 0.25) is 0 Å². The molecule has 1 aromatic heterocycles. The van der Waals surface area contributed by atoms with E-state index >= 15 is 0 Å². The van der Waals surface area contributed by atoms with E-state index in [9.17, 15) is 39.8 Å². The molecule has 5 heterocycles. The van der Waals surface area contributed by atoms with Gasteiger partial charge in [-0.2, -0.15) is 0 Å². The number of nitrogens with zero attached hydrogens (tertiary/aromatic N) is 6.